The van der Waals surface area contributed by atoms with Gasteiger partial charge in [-0.2, -0.15) is 0 Å². The number of pyridine rings is 1. The average Bonchev–Trinajstić information content (AvgIpc) is 2.34. The van der Waals surface area contributed by atoms with Gasteiger partial charge in [0.2, 0.25) is 0 Å². The number of aromatic nitrogens is 1. The van der Waals surface area contributed by atoms with E-state index in [9.17, 15) is 0 Å². The number of hydrogen-bond acceptors (Lipinski definition) is 2. The maximum Gasteiger partial charge on any atom is 0.0346 e. The molecule has 2 heteroatoms. The lowest BCUT2D eigenvalue weighted by atomic mass is 10.0. The molecule has 0 bridgehead atoms. The van der Waals surface area contributed by atoms with Crippen LogP contribution in [-0.2, 0) is 6.42 Å². The van der Waals surface area contributed by atoms with E-state index in [4.69, 9.17) is 0 Å². The smallest absolute Gasteiger partial charge is 0.0346 e. The quantitative estimate of drug-likeness (QED) is 0.795. The molecule has 0 aliphatic carbocycles. The minimum atomic E-state index is 0.570. The molecule has 90 valence electrons. The minimum Gasteiger partial charge on any atom is -0.315 e. The van der Waals surface area contributed by atoms with Gasteiger partial charge in [-0.15, -0.1) is 0 Å². The van der Waals surface area contributed by atoms with Crippen LogP contribution in [0.4, 0.5) is 0 Å². The van der Waals surface area contributed by atoms with Crippen molar-refractivity contribution in [1.29, 1.82) is 0 Å². The van der Waals surface area contributed by atoms with Crippen LogP contribution in [0.5, 0.6) is 0 Å². The van der Waals surface area contributed by atoms with E-state index < -0.39 is 0 Å². The third-order valence-electron chi connectivity index (χ3n) is 2.93. The van der Waals surface area contributed by atoms with Gasteiger partial charge in [0.1, 0.15) is 0 Å². The highest BCUT2D eigenvalue weighted by atomic mass is 14.9. The third-order valence-corrected chi connectivity index (χ3v) is 2.93. The standard InChI is InChI=1S/C15H20N2/c1-12(2)17-9-5-7-14-11-16-10-13-6-3-4-8-15(13)14/h3-4,6,8,10-12,17H,5,7,9H2,1-2H3. The summed E-state index contributed by atoms with van der Waals surface area (Å²) in [5.74, 6) is 0. The molecule has 2 aromatic rings. The van der Waals surface area contributed by atoms with Crippen molar-refractivity contribution in [2.75, 3.05) is 6.54 Å². The van der Waals surface area contributed by atoms with Gasteiger partial charge in [-0.25, -0.2) is 0 Å². The molecular formula is C15H20N2. The molecule has 1 aromatic carbocycles. The number of nitrogens with one attached hydrogen (secondary N) is 1. The highest BCUT2D eigenvalue weighted by Crippen LogP contribution is 2.17. The van der Waals surface area contributed by atoms with E-state index in [1.807, 2.05) is 12.4 Å². The Balaban J connectivity index is 2.03. The summed E-state index contributed by atoms with van der Waals surface area (Å²) >= 11 is 0. The first-order chi connectivity index (χ1) is 8.27. The van der Waals surface area contributed by atoms with Gasteiger partial charge in [-0.3, -0.25) is 4.98 Å². The molecule has 0 unspecified atom stereocenters. The Labute approximate surface area is 103 Å². The Morgan fingerprint density at radius 2 is 2.00 bits per heavy atom. The zero-order valence-corrected chi connectivity index (χ0v) is 10.6. The van der Waals surface area contributed by atoms with E-state index in [0.717, 1.165) is 19.4 Å². The summed E-state index contributed by atoms with van der Waals surface area (Å²) in [5.41, 5.74) is 1.36. The van der Waals surface area contributed by atoms with Crippen molar-refractivity contribution >= 4 is 10.8 Å². The minimum absolute atomic E-state index is 0.570. The highest BCUT2D eigenvalue weighted by molar-refractivity contribution is 5.84. The van der Waals surface area contributed by atoms with Crippen LogP contribution in [0.3, 0.4) is 0 Å². The van der Waals surface area contributed by atoms with Gasteiger partial charge < -0.3 is 5.32 Å². The summed E-state index contributed by atoms with van der Waals surface area (Å²) in [4.78, 5) is 4.31. The molecule has 1 N–H and O–H groups in total. The van der Waals surface area contributed by atoms with Gasteiger partial charge in [0.05, 0.1) is 0 Å². The zero-order chi connectivity index (χ0) is 12.1. The van der Waals surface area contributed by atoms with Crippen LogP contribution in [0, 0.1) is 0 Å². The van der Waals surface area contributed by atoms with Gasteiger partial charge in [-0.1, -0.05) is 38.1 Å². The van der Waals surface area contributed by atoms with Crippen LogP contribution in [0.15, 0.2) is 36.7 Å². The average molecular weight is 228 g/mol. The predicted octanol–water partition coefficient (Wildman–Crippen LogP) is 3.17. The van der Waals surface area contributed by atoms with Gasteiger partial charge in [0.15, 0.2) is 0 Å². The van der Waals surface area contributed by atoms with Crippen molar-refractivity contribution in [3.05, 3.63) is 42.2 Å². The molecule has 2 nitrogen and oxygen atoms in total. The molecule has 0 atom stereocenters. The highest BCUT2D eigenvalue weighted by Gasteiger charge is 2.01. The molecule has 1 aromatic heterocycles. The Morgan fingerprint density at radius 3 is 2.82 bits per heavy atom. The van der Waals surface area contributed by atoms with Crippen molar-refractivity contribution in [3.8, 4) is 0 Å². The molecule has 0 saturated heterocycles. The number of fused-ring (bicyclic) bond motifs is 1. The predicted molar refractivity (Wildman–Crippen MR) is 73.2 cm³/mol. The van der Waals surface area contributed by atoms with Crippen LogP contribution in [-0.4, -0.2) is 17.6 Å². The fraction of sp³-hybridized carbons (Fsp3) is 0.400. The van der Waals surface area contributed by atoms with Crippen LogP contribution >= 0.6 is 0 Å². The molecule has 0 fully saturated rings. The zero-order valence-electron chi connectivity index (χ0n) is 10.6. The molecule has 0 aliphatic heterocycles. The van der Waals surface area contributed by atoms with E-state index in [1.165, 1.54) is 16.3 Å². The van der Waals surface area contributed by atoms with Crippen molar-refractivity contribution in [1.82, 2.24) is 10.3 Å². The van der Waals surface area contributed by atoms with Crippen LogP contribution < -0.4 is 5.32 Å². The summed E-state index contributed by atoms with van der Waals surface area (Å²) < 4.78 is 0. The summed E-state index contributed by atoms with van der Waals surface area (Å²) in [6.45, 7) is 5.43. The molecule has 0 saturated carbocycles. The number of benzene rings is 1. The second-order valence-corrected chi connectivity index (χ2v) is 4.73. The Hall–Kier alpha value is -1.41. The van der Waals surface area contributed by atoms with E-state index >= 15 is 0 Å². The normalized spacial score (nSPS) is 11.2. The molecule has 1 heterocycles. The first-order valence-corrected chi connectivity index (χ1v) is 6.32. The summed E-state index contributed by atoms with van der Waals surface area (Å²) in [7, 11) is 0. The van der Waals surface area contributed by atoms with Crippen molar-refractivity contribution in [2.24, 2.45) is 0 Å². The molecule has 0 spiro atoms. The third kappa shape index (κ3) is 3.27. The maximum absolute atomic E-state index is 4.31. The Bertz CT molecular complexity index is 472. The number of nitrogens with zero attached hydrogens (tertiary/aromatic N) is 1. The molecule has 0 amide bonds. The van der Waals surface area contributed by atoms with Gasteiger partial charge >= 0.3 is 0 Å². The summed E-state index contributed by atoms with van der Waals surface area (Å²) in [6, 6.07) is 9.04. The van der Waals surface area contributed by atoms with Crippen molar-refractivity contribution < 1.29 is 0 Å². The molecule has 0 radical (unpaired) electrons. The van der Waals surface area contributed by atoms with Crippen LogP contribution in [0.25, 0.3) is 10.8 Å². The topological polar surface area (TPSA) is 24.9 Å². The van der Waals surface area contributed by atoms with Gasteiger partial charge in [0, 0.05) is 23.8 Å². The second-order valence-electron chi connectivity index (χ2n) is 4.73. The summed E-state index contributed by atoms with van der Waals surface area (Å²) in [5, 5.41) is 6.02. The fourth-order valence-corrected chi connectivity index (χ4v) is 2.05. The van der Waals surface area contributed by atoms with Gasteiger partial charge in [0.25, 0.3) is 0 Å². The van der Waals surface area contributed by atoms with E-state index in [1.54, 1.807) is 0 Å². The maximum atomic E-state index is 4.31. The number of rotatable bonds is 5. The fourth-order valence-electron chi connectivity index (χ4n) is 2.05. The molecule has 2 rings (SSSR count). The van der Waals surface area contributed by atoms with Crippen molar-refractivity contribution in [2.45, 2.75) is 32.7 Å². The lowest BCUT2D eigenvalue weighted by molar-refractivity contribution is 0.571. The first kappa shape index (κ1) is 12.1. The van der Waals surface area contributed by atoms with E-state index in [-0.39, 0.29) is 0 Å². The molecular weight excluding hydrogens is 208 g/mol. The summed E-state index contributed by atoms with van der Waals surface area (Å²) in [6.07, 6.45) is 6.19. The SMILES string of the molecule is CC(C)NCCCc1cncc2ccccc12. The lowest BCUT2D eigenvalue weighted by Crippen LogP contribution is -2.23. The number of hydrogen-bond donors (Lipinski definition) is 1. The molecule has 0 aliphatic rings. The molecule has 17 heavy (non-hydrogen) atoms. The van der Waals surface area contributed by atoms with Crippen LogP contribution in [0.2, 0.25) is 0 Å². The second kappa shape index (κ2) is 5.78. The number of aryl methyl sites for hydroxylation is 1. The Kier molecular flexibility index (Phi) is 4.10. The van der Waals surface area contributed by atoms with E-state index in [0.29, 0.717) is 6.04 Å². The lowest BCUT2D eigenvalue weighted by Gasteiger charge is -2.09. The first-order valence-electron chi connectivity index (χ1n) is 6.32. The largest absolute Gasteiger partial charge is 0.315 e. The van der Waals surface area contributed by atoms with E-state index in [2.05, 4.69) is 48.4 Å². The Morgan fingerprint density at radius 1 is 1.18 bits per heavy atom. The van der Waals surface area contributed by atoms with Crippen LogP contribution in [0.1, 0.15) is 25.8 Å². The van der Waals surface area contributed by atoms with Gasteiger partial charge in [-0.05, 0) is 30.3 Å². The monoisotopic (exact) mass is 228 g/mol. The van der Waals surface area contributed by atoms with Crippen molar-refractivity contribution in [3.63, 3.8) is 0 Å².